The zero-order valence-corrected chi connectivity index (χ0v) is 13.3. The first-order chi connectivity index (χ1) is 11.0. The van der Waals surface area contributed by atoms with Crippen LogP contribution in [0, 0.1) is 17.0 Å². The standard InChI is InChI=1S/C16H16ClN3O3/c1-11-9-14(20(22)23)5-6-15(11)19-16(21)18-8-7-12-3-2-4-13(17)10-12/h2-6,9-10H,7-8H2,1H3,(H2,18,19,21). The number of amides is 2. The number of nitro benzene ring substituents is 1. The molecule has 7 heteroatoms. The summed E-state index contributed by atoms with van der Waals surface area (Å²) in [7, 11) is 0. The first kappa shape index (κ1) is 16.8. The maximum Gasteiger partial charge on any atom is 0.319 e. The fraction of sp³-hybridized carbons (Fsp3) is 0.188. The molecular weight excluding hydrogens is 318 g/mol. The molecule has 0 bridgehead atoms. The number of carbonyl (C=O) groups is 1. The van der Waals surface area contributed by atoms with Gasteiger partial charge in [0.25, 0.3) is 5.69 Å². The molecule has 0 aliphatic rings. The zero-order chi connectivity index (χ0) is 16.8. The molecule has 0 aromatic heterocycles. The van der Waals surface area contributed by atoms with Crippen molar-refractivity contribution in [2.75, 3.05) is 11.9 Å². The average molecular weight is 334 g/mol. The number of urea groups is 1. The van der Waals surface area contributed by atoms with Crippen molar-refractivity contribution < 1.29 is 9.72 Å². The van der Waals surface area contributed by atoms with Gasteiger partial charge in [-0.15, -0.1) is 0 Å². The van der Waals surface area contributed by atoms with Gasteiger partial charge in [0.2, 0.25) is 0 Å². The Labute approximate surface area is 138 Å². The number of non-ortho nitro benzene ring substituents is 1. The molecule has 0 spiro atoms. The first-order valence-electron chi connectivity index (χ1n) is 7.00. The molecule has 2 aromatic carbocycles. The molecule has 0 aliphatic carbocycles. The predicted molar refractivity (Wildman–Crippen MR) is 90.0 cm³/mol. The Morgan fingerprint density at radius 1 is 1.26 bits per heavy atom. The normalized spacial score (nSPS) is 10.2. The highest BCUT2D eigenvalue weighted by Crippen LogP contribution is 2.21. The maximum atomic E-state index is 11.9. The number of hydrogen-bond donors (Lipinski definition) is 2. The van der Waals surface area contributed by atoms with Crippen LogP contribution in [-0.2, 0) is 6.42 Å². The Morgan fingerprint density at radius 2 is 2.04 bits per heavy atom. The van der Waals surface area contributed by atoms with Crippen molar-refractivity contribution in [3.63, 3.8) is 0 Å². The van der Waals surface area contributed by atoms with Crippen molar-refractivity contribution in [2.24, 2.45) is 0 Å². The summed E-state index contributed by atoms with van der Waals surface area (Å²) in [6.45, 7) is 2.16. The van der Waals surface area contributed by atoms with E-state index in [-0.39, 0.29) is 11.7 Å². The van der Waals surface area contributed by atoms with Crippen molar-refractivity contribution in [3.8, 4) is 0 Å². The van der Waals surface area contributed by atoms with Crippen molar-refractivity contribution in [1.82, 2.24) is 5.32 Å². The van der Waals surface area contributed by atoms with Crippen molar-refractivity contribution in [2.45, 2.75) is 13.3 Å². The molecule has 0 fully saturated rings. The summed E-state index contributed by atoms with van der Waals surface area (Å²) >= 11 is 5.90. The van der Waals surface area contributed by atoms with Crippen LogP contribution in [0.25, 0.3) is 0 Å². The molecule has 0 atom stereocenters. The van der Waals surface area contributed by atoms with Crippen LogP contribution in [0.3, 0.4) is 0 Å². The molecule has 0 saturated heterocycles. The number of nitrogens with one attached hydrogen (secondary N) is 2. The van der Waals surface area contributed by atoms with Gasteiger partial charge in [-0.05, 0) is 42.7 Å². The molecule has 2 amide bonds. The van der Waals surface area contributed by atoms with Gasteiger partial charge in [-0.1, -0.05) is 23.7 Å². The monoisotopic (exact) mass is 333 g/mol. The Hall–Kier alpha value is -2.60. The molecule has 0 saturated carbocycles. The van der Waals surface area contributed by atoms with Crippen LogP contribution in [-0.4, -0.2) is 17.5 Å². The predicted octanol–water partition coefficient (Wildman–Crippen LogP) is 3.92. The second kappa shape index (κ2) is 7.60. The minimum Gasteiger partial charge on any atom is -0.338 e. The number of rotatable bonds is 5. The topological polar surface area (TPSA) is 84.3 Å². The largest absolute Gasteiger partial charge is 0.338 e. The maximum absolute atomic E-state index is 11.9. The second-order valence-corrected chi connectivity index (χ2v) is 5.45. The van der Waals surface area contributed by atoms with E-state index in [1.54, 1.807) is 13.0 Å². The van der Waals surface area contributed by atoms with Crippen LogP contribution >= 0.6 is 11.6 Å². The first-order valence-corrected chi connectivity index (χ1v) is 7.38. The number of anilines is 1. The van der Waals surface area contributed by atoms with Gasteiger partial charge >= 0.3 is 6.03 Å². The summed E-state index contributed by atoms with van der Waals surface area (Å²) in [5.41, 5.74) is 2.19. The van der Waals surface area contributed by atoms with Gasteiger partial charge in [0, 0.05) is 29.4 Å². The molecule has 2 aromatic rings. The quantitative estimate of drug-likeness (QED) is 0.642. The van der Waals surface area contributed by atoms with Crippen LogP contribution in [0.2, 0.25) is 5.02 Å². The molecular formula is C16H16ClN3O3. The molecule has 2 rings (SSSR count). The summed E-state index contributed by atoms with van der Waals surface area (Å²) in [6, 6.07) is 11.4. The summed E-state index contributed by atoms with van der Waals surface area (Å²) in [6.07, 6.45) is 0.660. The lowest BCUT2D eigenvalue weighted by Crippen LogP contribution is -2.30. The summed E-state index contributed by atoms with van der Waals surface area (Å²) in [5, 5.41) is 16.8. The fourth-order valence-corrected chi connectivity index (χ4v) is 2.29. The summed E-state index contributed by atoms with van der Waals surface area (Å²) in [4.78, 5) is 22.1. The Balaban J connectivity index is 1.86. The number of carbonyl (C=O) groups excluding carboxylic acids is 1. The Kier molecular flexibility index (Phi) is 5.54. The minimum absolute atomic E-state index is 0.00517. The molecule has 120 valence electrons. The molecule has 0 radical (unpaired) electrons. The number of aryl methyl sites for hydroxylation is 1. The van der Waals surface area contributed by atoms with E-state index in [9.17, 15) is 14.9 Å². The van der Waals surface area contributed by atoms with Gasteiger partial charge in [-0.25, -0.2) is 4.79 Å². The lowest BCUT2D eigenvalue weighted by Gasteiger charge is -2.10. The van der Waals surface area contributed by atoms with E-state index in [0.717, 1.165) is 5.56 Å². The van der Waals surface area contributed by atoms with E-state index in [4.69, 9.17) is 11.6 Å². The third-order valence-electron chi connectivity index (χ3n) is 3.26. The molecule has 2 N–H and O–H groups in total. The van der Waals surface area contributed by atoms with Gasteiger partial charge in [0.1, 0.15) is 0 Å². The third-order valence-corrected chi connectivity index (χ3v) is 3.49. The highest BCUT2D eigenvalue weighted by molar-refractivity contribution is 6.30. The van der Waals surface area contributed by atoms with Gasteiger partial charge in [-0.2, -0.15) is 0 Å². The second-order valence-electron chi connectivity index (χ2n) is 5.02. The molecule has 0 aliphatic heterocycles. The van der Waals surface area contributed by atoms with Crippen LogP contribution in [0.5, 0.6) is 0 Å². The van der Waals surface area contributed by atoms with Crippen LogP contribution in [0.1, 0.15) is 11.1 Å². The lowest BCUT2D eigenvalue weighted by molar-refractivity contribution is -0.384. The van der Waals surface area contributed by atoms with E-state index < -0.39 is 4.92 Å². The van der Waals surface area contributed by atoms with E-state index in [1.807, 2.05) is 18.2 Å². The van der Waals surface area contributed by atoms with E-state index in [0.29, 0.717) is 29.2 Å². The number of hydrogen-bond acceptors (Lipinski definition) is 3. The third kappa shape index (κ3) is 4.96. The van der Waals surface area contributed by atoms with Crippen LogP contribution < -0.4 is 10.6 Å². The van der Waals surface area contributed by atoms with Crippen molar-refractivity contribution in [3.05, 3.63) is 68.7 Å². The van der Waals surface area contributed by atoms with Crippen molar-refractivity contribution in [1.29, 1.82) is 0 Å². The van der Waals surface area contributed by atoms with Gasteiger partial charge in [0.15, 0.2) is 0 Å². The average Bonchev–Trinajstić information content (AvgIpc) is 2.49. The molecule has 6 nitrogen and oxygen atoms in total. The fourth-order valence-electron chi connectivity index (χ4n) is 2.08. The number of nitro groups is 1. The molecule has 0 unspecified atom stereocenters. The van der Waals surface area contributed by atoms with Crippen molar-refractivity contribution >= 4 is 29.0 Å². The zero-order valence-electron chi connectivity index (χ0n) is 12.5. The minimum atomic E-state index is -0.470. The Bertz CT molecular complexity index is 734. The van der Waals surface area contributed by atoms with Gasteiger partial charge < -0.3 is 10.6 Å². The van der Waals surface area contributed by atoms with E-state index in [2.05, 4.69) is 10.6 Å². The lowest BCUT2D eigenvalue weighted by atomic mass is 10.1. The number of halogens is 1. The summed E-state index contributed by atoms with van der Waals surface area (Å²) < 4.78 is 0. The van der Waals surface area contributed by atoms with Gasteiger partial charge in [-0.3, -0.25) is 10.1 Å². The van der Waals surface area contributed by atoms with Crippen LogP contribution in [0.15, 0.2) is 42.5 Å². The van der Waals surface area contributed by atoms with E-state index in [1.165, 1.54) is 18.2 Å². The van der Waals surface area contributed by atoms with Crippen LogP contribution in [0.4, 0.5) is 16.2 Å². The smallest absolute Gasteiger partial charge is 0.319 e. The van der Waals surface area contributed by atoms with E-state index >= 15 is 0 Å². The molecule has 0 heterocycles. The number of nitrogens with zero attached hydrogens (tertiary/aromatic N) is 1. The molecule has 23 heavy (non-hydrogen) atoms. The highest BCUT2D eigenvalue weighted by atomic mass is 35.5. The van der Waals surface area contributed by atoms with Gasteiger partial charge in [0.05, 0.1) is 4.92 Å². The summed E-state index contributed by atoms with van der Waals surface area (Å²) in [5.74, 6) is 0. The Morgan fingerprint density at radius 3 is 2.70 bits per heavy atom. The SMILES string of the molecule is Cc1cc([N+](=O)[O-])ccc1NC(=O)NCCc1cccc(Cl)c1. The number of benzene rings is 2. The highest BCUT2D eigenvalue weighted by Gasteiger charge is 2.09.